The van der Waals surface area contributed by atoms with E-state index in [1.54, 1.807) is 0 Å². The van der Waals surface area contributed by atoms with Gasteiger partial charge in [0.05, 0.1) is 16.3 Å². The van der Waals surface area contributed by atoms with Crippen molar-refractivity contribution < 1.29 is 17.6 Å². The highest BCUT2D eigenvalue weighted by Crippen LogP contribution is 2.24. The Hall–Kier alpha value is -2.36. The van der Waals surface area contributed by atoms with Crippen molar-refractivity contribution in [2.45, 2.75) is 31.7 Å². The molecule has 3 rings (SSSR count). The lowest BCUT2D eigenvalue weighted by atomic mass is 10.2. The molecule has 27 heavy (non-hydrogen) atoms. The number of carbonyl (C=O) groups is 1. The summed E-state index contributed by atoms with van der Waals surface area (Å²) in [6.07, 6.45) is 0.636. The summed E-state index contributed by atoms with van der Waals surface area (Å²) in [7, 11) is -3.75. The van der Waals surface area contributed by atoms with Crippen LogP contribution in [0.1, 0.15) is 36.5 Å². The lowest BCUT2D eigenvalue weighted by Gasteiger charge is -2.20. The van der Waals surface area contributed by atoms with Crippen molar-refractivity contribution in [1.82, 2.24) is 14.5 Å². The minimum atomic E-state index is -3.75. The molecule has 0 N–H and O–H groups in total. The predicted octanol–water partition coefficient (Wildman–Crippen LogP) is 3.60. The van der Waals surface area contributed by atoms with Gasteiger partial charge in [0.1, 0.15) is 0 Å². The van der Waals surface area contributed by atoms with Crippen LogP contribution in [0, 0.1) is 0 Å². The molecule has 2 aromatic heterocycles. The van der Waals surface area contributed by atoms with Crippen LogP contribution < -0.4 is 0 Å². The Morgan fingerprint density at radius 3 is 2.52 bits per heavy atom. The number of sulfonamides is 1. The van der Waals surface area contributed by atoms with Gasteiger partial charge in [0.2, 0.25) is 15.9 Å². The first-order valence-corrected chi connectivity index (χ1v) is 10.7. The van der Waals surface area contributed by atoms with Crippen molar-refractivity contribution in [1.29, 1.82) is 0 Å². The van der Waals surface area contributed by atoms with Crippen molar-refractivity contribution in [2.75, 3.05) is 6.54 Å². The SMILES string of the molecule is CCCN(Cc1nnc(-c2cccs2)o1)S(=O)(=O)c1ccc(C(C)=O)cc1. The minimum Gasteiger partial charge on any atom is -0.418 e. The zero-order valence-electron chi connectivity index (χ0n) is 15.0. The van der Waals surface area contributed by atoms with Gasteiger partial charge in [-0.15, -0.1) is 21.5 Å². The summed E-state index contributed by atoms with van der Waals surface area (Å²) in [6.45, 7) is 3.64. The van der Waals surface area contributed by atoms with Crippen molar-refractivity contribution in [3.05, 3.63) is 53.2 Å². The van der Waals surface area contributed by atoms with Gasteiger partial charge < -0.3 is 4.42 Å². The normalized spacial score (nSPS) is 11.8. The van der Waals surface area contributed by atoms with Gasteiger partial charge in [-0.05, 0) is 36.9 Å². The zero-order valence-corrected chi connectivity index (χ0v) is 16.6. The van der Waals surface area contributed by atoms with E-state index >= 15 is 0 Å². The maximum absolute atomic E-state index is 13.0. The Morgan fingerprint density at radius 2 is 1.93 bits per heavy atom. The molecule has 3 aromatic rings. The molecule has 0 radical (unpaired) electrons. The summed E-state index contributed by atoms with van der Waals surface area (Å²) >= 11 is 1.47. The summed E-state index contributed by atoms with van der Waals surface area (Å²) in [5, 5.41) is 9.87. The average Bonchev–Trinajstić information content (AvgIpc) is 3.33. The number of benzene rings is 1. The Balaban J connectivity index is 1.84. The first kappa shape index (κ1) is 19.4. The van der Waals surface area contributed by atoms with Crippen LogP contribution in [0.4, 0.5) is 0 Å². The van der Waals surface area contributed by atoms with Crippen molar-refractivity contribution in [2.24, 2.45) is 0 Å². The first-order valence-electron chi connectivity index (χ1n) is 8.39. The van der Waals surface area contributed by atoms with Crippen molar-refractivity contribution in [3.63, 3.8) is 0 Å². The Bertz CT molecular complexity index is 1010. The highest BCUT2D eigenvalue weighted by molar-refractivity contribution is 7.89. The van der Waals surface area contributed by atoms with E-state index in [1.165, 1.54) is 46.8 Å². The second-order valence-electron chi connectivity index (χ2n) is 5.90. The quantitative estimate of drug-likeness (QED) is 0.532. The number of rotatable bonds is 8. The van der Waals surface area contributed by atoms with Gasteiger partial charge in [-0.3, -0.25) is 4.79 Å². The summed E-state index contributed by atoms with van der Waals surface area (Å²) < 4.78 is 32.9. The average molecular weight is 406 g/mol. The molecule has 0 amide bonds. The lowest BCUT2D eigenvalue weighted by molar-refractivity contribution is 0.101. The highest BCUT2D eigenvalue weighted by atomic mass is 32.2. The summed E-state index contributed by atoms with van der Waals surface area (Å²) in [4.78, 5) is 12.4. The van der Waals surface area contributed by atoms with Crippen molar-refractivity contribution in [3.8, 4) is 10.8 Å². The van der Waals surface area contributed by atoms with Gasteiger partial charge in [-0.1, -0.05) is 25.1 Å². The molecule has 2 heterocycles. The molecule has 0 fully saturated rings. The third-order valence-electron chi connectivity index (χ3n) is 3.88. The molecule has 0 aliphatic rings. The molecule has 142 valence electrons. The van der Waals surface area contributed by atoms with Gasteiger partial charge in [0.15, 0.2) is 5.78 Å². The molecule has 0 aliphatic carbocycles. The fourth-order valence-corrected chi connectivity index (χ4v) is 4.64. The molecule has 0 atom stereocenters. The fourth-order valence-electron chi connectivity index (χ4n) is 2.51. The van der Waals surface area contributed by atoms with Crippen LogP contribution in [-0.4, -0.2) is 35.2 Å². The first-order chi connectivity index (χ1) is 12.9. The van der Waals surface area contributed by atoms with E-state index in [-0.39, 0.29) is 23.1 Å². The van der Waals surface area contributed by atoms with Crippen molar-refractivity contribution >= 4 is 27.1 Å². The molecule has 0 saturated heterocycles. The number of hydrogen-bond donors (Lipinski definition) is 0. The maximum Gasteiger partial charge on any atom is 0.257 e. The van der Waals surface area contributed by atoms with Crippen LogP contribution >= 0.6 is 11.3 Å². The van der Waals surface area contributed by atoms with E-state index in [0.29, 0.717) is 24.4 Å². The predicted molar refractivity (Wildman–Crippen MR) is 102 cm³/mol. The third kappa shape index (κ3) is 4.32. The van der Waals surface area contributed by atoms with Crippen LogP contribution in [0.3, 0.4) is 0 Å². The summed E-state index contributed by atoms with van der Waals surface area (Å²) in [5.41, 5.74) is 0.466. The standard InChI is InChI=1S/C18H19N3O4S2/c1-3-10-21(12-17-19-20-18(25-17)16-5-4-11-26-16)27(23,24)15-8-6-14(7-9-15)13(2)22/h4-9,11H,3,10,12H2,1-2H3. The van der Waals surface area contributed by atoms with Gasteiger partial charge in [-0.25, -0.2) is 8.42 Å². The van der Waals surface area contributed by atoms with Gasteiger partial charge in [0.25, 0.3) is 5.89 Å². The Morgan fingerprint density at radius 1 is 1.19 bits per heavy atom. The number of Topliss-reactive ketones (excluding diaryl/α,β-unsaturated/α-hetero) is 1. The Kier molecular flexibility index (Phi) is 5.83. The van der Waals surface area contributed by atoms with E-state index in [1.807, 2.05) is 24.4 Å². The van der Waals surface area contributed by atoms with Crippen LogP contribution in [0.5, 0.6) is 0 Å². The van der Waals surface area contributed by atoms with Gasteiger partial charge in [-0.2, -0.15) is 4.31 Å². The third-order valence-corrected chi connectivity index (χ3v) is 6.60. The summed E-state index contributed by atoms with van der Waals surface area (Å²) in [6, 6.07) is 9.66. The summed E-state index contributed by atoms with van der Waals surface area (Å²) in [5.74, 6) is 0.492. The minimum absolute atomic E-state index is 0.0109. The largest absolute Gasteiger partial charge is 0.418 e. The monoisotopic (exact) mass is 405 g/mol. The smallest absolute Gasteiger partial charge is 0.257 e. The van der Waals surface area contributed by atoms with Crippen LogP contribution in [0.25, 0.3) is 10.8 Å². The Labute approximate surface area is 161 Å². The van der Waals surface area contributed by atoms with E-state index in [4.69, 9.17) is 4.42 Å². The van der Waals surface area contributed by atoms with Gasteiger partial charge in [0, 0.05) is 12.1 Å². The van der Waals surface area contributed by atoms with E-state index in [2.05, 4.69) is 10.2 Å². The van der Waals surface area contributed by atoms with Crippen LogP contribution in [0.2, 0.25) is 0 Å². The topological polar surface area (TPSA) is 93.4 Å². The molecule has 0 aliphatic heterocycles. The molecule has 0 bridgehead atoms. The fraction of sp³-hybridized carbons (Fsp3) is 0.278. The molecule has 0 spiro atoms. The number of carbonyl (C=O) groups excluding carboxylic acids is 1. The second-order valence-corrected chi connectivity index (χ2v) is 8.78. The molecular weight excluding hydrogens is 386 g/mol. The number of hydrogen-bond acceptors (Lipinski definition) is 7. The van der Waals surface area contributed by atoms with Gasteiger partial charge >= 0.3 is 0 Å². The van der Waals surface area contributed by atoms with E-state index < -0.39 is 10.0 Å². The number of ketones is 1. The molecular formula is C18H19N3O4S2. The number of aromatic nitrogens is 2. The highest BCUT2D eigenvalue weighted by Gasteiger charge is 2.26. The van der Waals surface area contributed by atoms with E-state index in [9.17, 15) is 13.2 Å². The maximum atomic E-state index is 13.0. The van der Waals surface area contributed by atoms with E-state index in [0.717, 1.165) is 4.88 Å². The molecule has 9 heteroatoms. The number of nitrogens with zero attached hydrogens (tertiary/aromatic N) is 3. The van der Waals surface area contributed by atoms with Crippen LogP contribution in [-0.2, 0) is 16.6 Å². The zero-order chi connectivity index (χ0) is 19.4. The van der Waals surface area contributed by atoms with Crippen LogP contribution in [0.15, 0.2) is 51.1 Å². The lowest BCUT2D eigenvalue weighted by Crippen LogP contribution is -2.31. The molecule has 0 saturated carbocycles. The molecule has 0 unspecified atom stereocenters. The molecule has 1 aromatic carbocycles. The number of thiophene rings is 1. The second kappa shape index (κ2) is 8.12. The molecule has 7 nitrogen and oxygen atoms in total.